The summed E-state index contributed by atoms with van der Waals surface area (Å²) in [4.78, 5) is 19.6. The predicted octanol–water partition coefficient (Wildman–Crippen LogP) is 3.02. The summed E-state index contributed by atoms with van der Waals surface area (Å²) >= 11 is 0. The van der Waals surface area contributed by atoms with Crippen molar-refractivity contribution in [2.75, 3.05) is 0 Å². The number of carbonyl (C=O) groups is 2. The second kappa shape index (κ2) is 15.0. The van der Waals surface area contributed by atoms with E-state index in [-0.39, 0.29) is 0 Å². The summed E-state index contributed by atoms with van der Waals surface area (Å²) in [7, 11) is 0. The van der Waals surface area contributed by atoms with Gasteiger partial charge in [-0.25, -0.2) is 0 Å². The molecule has 0 aromatic heterocycles. The van der Waals surface area contributed by atoms with Crippen LogP contribution in [0.3, 0.4) is 0 Å². The molecule has 0 saturated heterocycles. The fraction of sp³-hybridized carbons (Fsp3) is 0.857. The van der Waals surface area contributed by atoms with E-state index in [1.807, 2.05) is 0 Å². The second-order valence-electron chi connectivity index (χ2n) is 4.66. The Morgan fingerprint density at radius 2 is 1.26 bits per heavy atom. The van der Waals surface area contributed by atoms with E-state index >= 15 is 0 Å². The average molecular weight is 275 g/mol. The van der Waals surface area contributed by atoms with E-state index in [4.69, 9.17) is 15.9 Å². The minimum absolute atomic E-state index is 0.532. The molecule has 0 aliphatic carbocycles. The fourth-order valence-corrected chi connectivity index (χ4v) is 1.48. The molecule has 19 heavy (non-hydrogen) atoms. The lowest BCUT2D eigenvalue weighted by molar-refractivity contribution is -0.144. The van der Waals surface area contributed by atoms with Crippen molar-refractivity contribution >= 4 is 11.9 Å². The molecule has 114 valence electrons. The second-order valence-corrected chi connectivity index (χ2v) is 4.66. The minimum Gasteiger partial charge on any atom is -0.481 e. The van der Waals surface area contributed by atoms with Crippen LogP contribution in [0.15, 0.2) is 0 Å². The molecule has 1 atom stereocenters. The molecule has 0 bridgehead atoms. The number of aliphatic carboxylic acids is 2. The average Bonchev–Trinajstić information content (AvgIpc) is 2.33. The maximum Gasteiger partial charge on any atom is 0.321 e. The molecular formula is C14H29NO4. The standard InChI is InChI=1S/C10H22.C4H7NO4/c1-3-5-7-9-10-8-6-4-2;5-2(4(8)9)1-3(6)7/h3-10H2,1-2H3;2H,1,5H2,(H,6,7)(H,8,9)/t;2-/m.0/s1. The third kappa shape index (κ3) is 19.4. The molecule has 0 unspecified atom stereocenters. The van der Waals surface area contributed by atoms with Crippen LogP contribution in [0, 0.1) is 0 Å². The van der Waals surface area contributed by atoms with Crippen molar-refractivity contribution in [1.82, 2.24) is 0 Å². The van der Waals surface area contributed by atoms with E-state index in [0.29, 0.717) is 0 Å². The fourth-order valence-electron chi connectivity index (χ4n) is 1.48. The summed E-state index contributed by atoms with van der Waals surface area (Å²) < 4.78 is 0. The Hall–Kier alpha value is -1.10. The first-order valence-electron chi connectivity index (χ1n) is 7.15. The van der Waals surface area contributed by atoms with Gasteiger partial charge >= 0.3 is 11.9 Å². The number of carboxylic acid groups (broad SMARTS) is 2. The minimum atomic E-state index is -1.29. The topological polar surface area (TPSA) is 101 Å². The van der Waals surface area contributed by atoms with Crippen molar-refractivity contribution in [2.24, 2.45) is 5.73 Å². The first-order chi connectivity index (χ1) is 8.95. The zero-order valence-electron chi connectivity index (χ0n) is 12.2. The van der Waals surface area contributed by atoms with Crippen LogP contribution in [0.4, 0.5) is 0 Å². The van der Waals surface area contributed by atoms with Gasteiger partial charge in [-0.05, 0) is 0 Å². The Morgan fingerprint density at radius 1 is 0.895 bits per heavy atom. The molecule has 0 heterocycles. The highest BCUT2D eigenvalue weighted by atomic mass is 16.4. The third-order valence-electron chi connectivity index (χ3n) is 2.67. The lowest BCUT2D eigenvalue weighted by atomic mass is 10.1. The molecule has 0 amide bonds. The zero-order valence-corrected chi connectivity index (χ0v) is 12.2. The summed E-state index contributed by atoms with van der Waals surface area (Å²) in [6.07, 6.45) is 10.9. The van der Waals surface area contributed by atoms with E-state index in [2.05, 4.69) is 13.8 Å². The van der Waals surface area contributed by atoms with Crippen LogP contribution < -0.4 is 5.73 Å². The third-order valence-corrected chi connectivity index (χ3v) is 2.67. The van der Waals surface area contributed by atoms with Gasteiger partial charge < -0.3 is 15.9 Å². The van der Waals surface area contributed by atoms with Crippen molar-refractivity contribution in [3.63, 3.8) is 0 Å². The van der Waals surface area contributed by atoms with E-state index in [1.54, 1.807) is 0 Å². The normalized spacial score (nSPS) is 11.3. The predicted molar refractivity (Wildman–Crippen MR) is 76.1 cm³/mol. The Balaban J connectivity index is 0. The van der Waals surface area contributed by atoms with Gasteiger partial charge in [0.05, 0.1) is 6.42 Å². The van der Waals surface area contributed by atoms with Crippen LogP contribution in [0.5, 0.6) is 0 Å². The van der Waals surface area contributed by atoms with Gasteiger partial charge in [0.1, 0.15) is 6.04 Å². The van der Waals surface area contributed by atoms with Gasteiger partial charge in [0.15, 0.2) is 0 Å². The van der Waals surface area contributed by atoms with Crippen LogP contribution in [0.1, 0.15) is 71.6 Å². The number of nitrogens with two attached hydrogens (primary N) is 1. The number of carboxylic acids is 2. The summed E-state index contributed by atoms with van der Waals surface area (Å²) in [5.41, 5.74) is 4.84. The van der Waals surface area contributed by atoms with Crippen molar-refractivity contribution in [3.05, 3.63) is 0 Å². The first kappa shape index (κ1) is 20.2. The molecule has 0 aliphatic heterocycles. The molecule has 0 radical (unpaired) electrons. The van der Waals surface area contributed by atoms with Gasteiger partial charge in [-0.15, -0.1) is 0 Å². The summed E-state index contributed by atoms with van der Waals surface area (Å²) in [6, 6.07) is -1.29. The van der Waals surface area contributed by atoms with E-state index in [0.717, 1.165) is 0 Å². The van der Waals surface area contributed by atoms with Crippen LogP contribution in [0.25, 0.3) is 0 Å². The van der Waals surface area contributed by atoms with Gasteiger partial charge in [-0.2, -0.15) is 0 Å². The number of hydrogen-bond donors (Lipinski definition) is 3. The van der Waals surface area contributed by atoms with Gasteiger partial charge in [0.25, 0.3) is 0 Å². The van der Waals surface area contributed by atoms with Crippen molar-refractivity contribution in [2.45, 2.75) is 77.7 Å². The molecule has 0 aromatic carbocycles. The van der Waals surface area contributed by atoms with Crippen LogP contribution in [-0.4, -0.2) is 28.2 Å². The Bertz CT molecular complexity index is 223. The highest BCUT2D eigenvalue weighted by molar-refractivity contribution is 5.80. The van der Waals surface area contributed by atoms with Crippen molar-refractivity contribution in [3.8, 4) is 0 Å². The van der Waals surface area contributed by atoms with E-state index in [1.165, 1.54) is 51.4 Å². The maximum atomic E-state index is 9.85. The van der Waals surface area contributed by atoms with Gasteiger partial charge in [-0.1, -0.05) is 65.2 Å². The van der Waals surface area contributed by atoms with Crippen molar-refractivity contribution in [1.29, 1.82) is 0 Å². The van der Waals surface area contributed by atoms with Crippen LogP contribution in [0.2, 0.25) is 0 Å². The quantitative estimate of drug-likeness (QED) is 0.532. The Kier molecular flexibility index (Phi) is 15.9. The van der Waals surface area contributed by atoms with Gasteiger partial charge in [-0.3, -0.25) is 9.59 Å². The Labute approximate surface area is 116 Å². The van der Waals surface area contributed by atoms with Crippen LogP contribution in [-0.2, 0) is 9.59 Å². The summed E-state index contributed by atoms with van der Waals surface area (Å²) in [5, 5.41) is 16.0. The first-order valence-corrected chi connectivity index (χ1v) is 7.15. The van der Waals surface area contributed by atoms with Gasteiger partial charge in [0.2, 0.25) is 0 Å². The monoisotopic (exact) mass is 275 g/mol. The molecule has 0 aromatic rings. The maximum absolute atomic E-state index is 9.85. The largest absolute Gasteiger partial charge is 0.481 e. The molecule has 4 N–H and O–H groups in total. The van der Waals surface area contributed by atoms with Crippen molar-refractivity contribution < 1.29 is 19.8 Å². The molecule has 0 saturated carbocycles. The SMILES string of the molecule is CCCCCCCCCC.N[C@@H](CC(=O)O)C(=O)O. The molecule has 0 rings (SSSR count). The number of hydrogen-bond acceptors (Lipinski definition) is 3. The summed E-state index contributed by atoms with van der Waals surface area (Å²) in [6.45, 7) is 4.54. The lowest BCUT2D eigenvalue weighted by Gasteiger charge is -1.99. The number of rotatable bonds is 10. The Morgan fingerprint density at radius 3 is 1.47 bits per heavy atom. The van der Waals surface area contributed by atoms with E-state index < -0.39 is 24.4 Å². The smallest absolute Gasteiger partial charge is 0.321 e. The molecule has 0 fully saturated rings. The molecule has 0 spiro atoms. The molecular weight excluding hydrogens is 246 g/mol. The highest BCUT2D eigenvalue weighted by Crippen LogP contribution is 2.07. The summed E-state index contributed by atoms with van der Waals surface area (Å²) in [5.74, 6) is -2.50. The van der Waals surface area contributed by atoms with Gasteiger partial charge in [0, 0.05) is 0 Å². The molecule has 0 aliphatic rings. The lowest BCUT2D eigenvalue weighted by Crippen LogP contribution is -2.32. The highest BCUT2D eigenvalue weighted by Gasteiger charge is 2.14. The number of unbranched alkanes of at least 4 members (excludes halogenated alkanes) is 7. The van der Waals surface area contributed by atoms with E-state index in [9.17, 15) is 9.59 Å². The van der Waals surface area contributed by atoms with Crippen LogP contribution >= 0.6 is 0 Å². The zero-order chi connectivity index (χ0) is 15.1. The molecule has 5 heteroatoms. The molecule has 5 nitrogen and oxygen atoms in total.